The third kappa shape index (κ3) is 2.63. The zero-order valence-electron chi connectivity index (χ0n) is 12.0. The number of hydrogen-bond donors (Lipinski definition) is 2. The third-order valence-corrected chi connectivity index (χ3v) is 5.26. The molecule has 2 saturated carbocycles. The first-order valence-electron chi connectivity index (χ1n) is 7.43. The predicted octanol–water partition coefficient (Wildman–Crippen LogP) is 2.72. The van der Waals surface area contributed by atoms with E-state index in [0.29, 0.717) is 6.42 Å². The molecule has 4 nitrogen and oxygen atoms in total. The molecule has 1 amide bonds. The van der Waals surface area contributed by atoms with Gasteiger partial charge in [-0.05, 0) is 32.6 Å². The number of carbonyl (C=O) groups is 2. The number of carboxylic acid groups (broad SMARTS) is 1. The van der Waals surface area contributed by atoms with Crippen LogP contribution in [0.1, 0.15) is 65.2 Å². The highest BCUT2D eigenvalue weighted by molar-refractivity contribution is 5.84. The molecule has 0 spiro atoms. The van der Waals surface area contributed by atoms with Gasteiger partial charge in [0.05, 0.1) is 5.41 Å². The van der Waals surface area contributed by atoms with Crippen LogP contribution in [0.15, 0.2) is 0 Å². The molecule has 19 heavy (non-hydrogen) atoms. The van der Waals surface area contributed by atoms with Crippen molar-refractivity contribution in [3.8, 4) is 0 Å². The maximum atomic E-state index is 12.4. The summed E-state index contributed by atoms with van der Waals surface area (Å²) in [6.45, 7) is 3.78. The van der Waals surface area contributed by atoms with E-state index in [9.17, 15) is 14.7 Å². The first-order valence-corrected chi connectivity index (χ1v) is 7.43. The van der Waals surface area contributed by atoms with Crippen LogP contribution in [-0.4, -0.2) is 23.0 Å². The van der Waals surface area contributed by atoms with E-state index in [-0.39, 0.29) is 17.4 Å². The zero-order chi connectivity index (χ0) is 14.1. The fraction of sp³-hybridized carbons (Fsp3) is 0.867. The van der Waals surface area contributed by atoms with Crippen LogP contribution in [0.2, 0.25) is 0 Å². The zero-order valence-corrected chi connectivity index (χ0v) is 12.0. The number of aliphatic carboxylic acids is 1. The van der Waals surface area contributed by atoms with E-state index in [1.54, 1.807) is 6.92 Å². The van der Waals surface area contributed by atoms with Crippen molar-refractivity contribution in [3.05, 3.63) is 0 Å². The van der Waals surface area contributed by atoms with Crippen LogP contribution >= 0.6 is 0 Å². The number of nitrogens with one attached hydrogen (secondary N) is 1. The average molecular weight is 267 g/mol. The SMILES string of the molecule is CC1(C(=O)NC2CCCCC2(C)C(=O)O)CCCC1. The molecule has 108 valence electrons. The van der Waals surface area contributed by atoms with Crippen LogP contribution < -0.4 is 5.32 Å². The molecule has 0 aliphatic heterocycles. The van der Waals surface area contributed by atoms with Crippen LogP contribution in [0, 0.1) is 10.8 Å². The molecule has 2 aliphatic rings. The van der Waals surface area contributed by atoms with Crippen molar-refractivity contribution in [3.63, 3.8) is 0 Å². The molecule has 2 atom stereocenters. The summed E-state index contributed by atoms with van der Waals surface area (Å²) >= 11 is 0. The molecule has 0 aromatic rings. The minimum Gasteiger partial charge on any atom is -0.481 e. The average Bonchev–Trinajstić information content (AvgIpc) is 2.80. The van der Waals surface area contributed by atoms with E-state index < -0.39 is 11.4 Å². The van der Waals surface area contributed by atoms with Crippen LogP contribution in [0.3, 0.4) is 0 Å². The molecule has 2 fully saturated rings. The second-order valence-corrected chi connectivity index (χ2v) is 6.76. The number of carbonyl (C=O) groups excluding carboxylic acids is 1. The minimum atomic E-state index is -0.803. The lowest BCUT2D eigenvalue weighted by Gasteiger charge is -2.39. The van der Waals surface area contributed by atoms with Gasteiger partial charge in [-0.2, -0.15) is 0 Å². The van der Waals surface area contributed by atoms with Gasteiger partial charge >= 0.3 is 5.97 Å². The lowest BCUT2D eigenvalue weighted by molar-refractivity contribution is -0.152. The van der Waals surface area contributed by atoms with E-state index in [1.807, 2.05) is 6.92 Å². The summed E-state index contributed by atoms with van der Waals surface area (Å²) in [5.41, 5.74) is -1.08. The second kappa shape index (κ2) is 5.14. The maximum absolute atomic E-state index is 12.4. The Morgan fingerprint density at radius 2 is 1.63 bits per heavy atom. The molecular weight excluding hydrogens is 242 g/mol. The van der Waals surface area contributed by atoms with E-state index in [0.717, 1.165) is 44.9 Å². The Kier molecular flexibility index (Phi) is 3.88. The highest BCUT2D eigenvalue weighted by Crippen LogP contribution is 2.40. The van der Waals surface area contributed by atoms with Crippen molar-refractivity contribution in [1.29, 1.82) is 0 Å². The van der Waals surface area contributed by atoms with Gasteiger partial charge in [-0.25, -0.2) is 0 Å². The Bertz CT molecular complexity index is 374. The molecule has 0 aromatic carbocycles. The minimum absolute atomic E-state index is 0.0596. The highest BCUT2D eigenvalue weighted by Gasteiger charge is 2.46. The van der Waals surface area contributed by atoms with Gasteiger partial charge in [-0.1, -0.05) is 32.6 Å². The first-order chi connectivity index (χ1) is 8.88. The van der Waals surface area contributed by atoms with Gasteiger partial charge in [-0.3, -0.25) is 9.59 Å². The molecule has 2 rings (SSSR count). The quantitative estimate of drug-likeness (QED) is 0.826. The van der Waals surface area contributed by atoms with E-state index in [4.69, 9.17) is 0 Å². The van der Waals surface area contributed by atoms with Crippen LogP contribution in [0.4, 0.5) is 0 Å². The summed E-state index contributed by atoms with van der Waals surface area (Å²) in [4.78, 5) is 24.0. The van der Waals surface area contributed by atoms with Gasteiger partial charge in [-0.15, -0.1) is 0 Å². The molecule has 4 heteroatoms. The summed E-state index contributed by atoms with van der Waals surface area (Å²) in [7, 11) is 0. The van der Waals surface area contributed by atoms with Gasteiger partial charge in [0.15, 0.2) is 0 Å². The predicted molar refractivity (Wildman–Crippen MR) is 72.7 cm³/mol. The van der Waals surface area contributed by atoms with Crippen LogP contribution in [-0.2, 0) is 9.59 Å². The van der Waals surface area contributed by atoms with Crippen molar-refractivity contribution >= 4 is 11.9 Å². The smallest absolute Gasteiger partial charge is 0.311 e. The summed E-state index contributed by atoms with van der Waals surface area (Å²) in [5, 5.41) is 12.5. The van der Waals surface area contributed by atoms with Crippen LogP contribution in [0.25, 0.3) is 0 Å². The fourth-order valence-corrected chi connectivity index (χ4v) is 3.54. The van der Waals surface area contributed by atoms with E-state index in [1.165, 1.54) is 0 Å². The highest BCUT2D eigenvalue weighted by atomic mass is 16.4. The Labute approximate surface area is 115 Å². The standard InChI is InChI=1S/C15H25NO3/c1-14(8-5-6-9-14)12(17)16-11-7-3-4-10-15(11,2)13(18)19/h11H,3-10H2,1-2H3,(H,16,17)(H,18,19). The summed E-state index contributed by atoms with van der Waals surface area (Å²) in [6.07, 6.45) is 7.44. The van der Waals surface area contributed by atoms with E-state index >= 15 is 0 Å². The normalized spacial score (nSPS) is 33.9. The first kappa shape index (κ1) is 14.4. The summed E-state index contributed by atoms with van der Waals surface area (Å²) in [6, 6.07) is -0.219. The van der Waals surface area contributed by atoms with Crippen LogP contribution in [0.5, 0.6) is 0 Å². The Morgan fingerprint density at radius 1 is 1.05 bits per heavy atom. The lowest BCUT2D eigenvalue weighted by atomic mass is 9.71. The number of rotatable bonds is 3. The molecule has 2 aliphatic carbocycles. The molecule has 0 heterocycles. The van der Waals surface area contributed by atoms with Crippen molar-refractivity contribution in [2.75, 3.05) is 0 Å². The van der Waals surface area contributed by atoms with Gasteiger partial charge in [0.2, 0.25) is 5.91 Å². The lowest BCUT2D eigenvalue weighted by Crippen LogP contribution is -2.54. The Balaban J connectivity index is 2.08. The molecule has 0 bridgehead atoms. The van der Waals surface area contributed by atoms with E-state index in [2.05, 4.69) is 5.32 Å². The monoisotopic (exact) mass is 267 g/mol. The Morgan fingerprint density at radius 3 is 2.21 bits per heavy atom. The van der Waals surface area contributed by atoms with Gasteiger partial charge in [0, 0.05) is 11.5 Å². The van der Waals surface area contributed by atoms with Gasteiger partial charge in [0.25, 0.3) is 0 Å². The fourth-order valence-electron chi connectivity index (χ4n) is 3.54. The second-order valence-electron chi connectivity index (χ2n) is 6.76. The third-order valence-electron chi connectivity index (χ3n) is 5.26. The van der Waals surface area contributed by atoms with Crippen molar-refractivity contribution in [2.45, 2.75) is 71.3 Å². The molecular formula is C15H25NO3. The number of amides is 1. The van der Waals surface area contributed by atoms with Gasteiger partial charge in [0.1, 0.15) is 0 Å². The molecule has 0 radical (unpaired) electrons. The van der Waals surface area contributed by atoms with Gasteiger partial charge < -0.3 is 10.4 Å². The molecule has 0 saturated heterocycles. The largest absolute Gasteiger partial charge is 0.481 e. The van der Waals surface area contributed by atoms with Crippen molar-refractivity contribution in [2.24, 2.45) is 10.8 Å². The maximum Gasteiger partial charge on any atom is 0.311 e. The molecule has 2 N–H and O–H groups in total. The Hall–Kier alpha value is -1.06. The summed E-state index contributed by atoms with van der Waals surface area (Å²) < 4.78 is 0. The summed E-state index contributed by atoms with van der Waals surface area (Å²) in [5.74, 6) is -0.724. The number of hydrogen-bond acceptors (Lipinski definition) is 2. The van der Waals surface area contributed by atoms with Crippen molar-refractivity contribution in [1.82, 2.24) is 5.32 Å². The number of carboxylic acids is 1. The molecule has 2 unspecified atom stereocenters. The molecule has 0 aromatic heterocycles. The topological polar surface area (TPSA) is 66.4 Å². The van der Waals surface area contributed by atoms with Crippen molar-refractivity contribution < 1.29 is 14.7 Å².